The molecule has 11 nitrogen and oxygen atoms in total. The van der Waals surface area contributed by atoms with Gasteiger partial charge in [-0.3, -0.25) is 19.3 Å². The zero-order valence-corrected chi connectivity index (χ0v) is 30.8. The van der Waals surface area contributed by atoms with Gasteiger partial charge in [0.2, 0.25) is 11.8 Å². The predicted molar refractivity (Wildman–Crippen MR) is 191 cm³/mol. The molecule has 1 aliphatic rings. The quantitative estimate of drug-likeness (QED) is 0.136. The number of unbranched alkanes of at least 4 members (excludes halogenated alkanes) is 2. The summed E-state index contributed by atoms with van der Waals surface area (Å²) in [5, 5.41) is 17.2. The number of rotatable bonds is 22. The summed E-state index contributed by atoms with van der Waals surface area (Å²) in [6, 6.07) is 5.23. The van der Waals surface area contributed by atoms with Gasteiger partial charge in [-0.25, -0.2) is 0 Å². The maximum absolute atomic E-state index is 13.6. The third-order valence-electron chi connectivity index (χ3n) is 9.52. The van der Waals surface area contributed by atoms with Gasteiger partial charge in [0.15, 0.2) is 0 Å². The second-order valence-corrected chi connectivity index (χ2v) is 14.1. The van der Waals surface area contributed by atoms with Gasteiger partial charge in [0.25, 0.3) is 5.91 Å². The molecule has 0 aliphatic carbocycles. The Hall–Kier alpha value is -2.73. The second kappa shape index (κ2) is 22.1. The van der Waals surface area contributed by atoms with Gasteiger partial charge in [0, 0.05) is 78.4 Å². The van der Waals surface area contributed by atoms with Crippen molar-refractivity contribution in [2.24, 2.45) is 29.4 Å². The maximum Gasteiger partial charge on any atom is 0.255 e. The van der Waals surface area contributed by atoms with Crippen molar-refractivity contribution in [2.45, 2.75) is 98.8 Å². The first kappa shape index (κ1) is 41.4. The predicted octanol–water partition coefficient (Wildman–Crippen LogP) is 3.82. The van der Waals surface area contributed by atoms with Gasteiger partial charge in [-0.15, -0.1) is 0 Å². The Morgan fingerprint density at radius 2 is 1.65 bits per heavy atom. The maximum atomic E-state index is 13.6. The Bertz CT molecular complexity index is 1110. The van der Waals surface area contributed by atoms with Crippen LogP contribution in [-0.2, 0) is 20.9 Å². The number of methoxy groups -OCH3 is 1. The summed E-state index contributed by atoms with van der Waals surface area (Å²) in [5.41, 5.74) is 8.06. The lowest BCUT2D eigenvalue weighted by molar-refractivity contribution is -0.130. The van der Waals surface area contributed by atoms with Gasteiger partial charge in [0.05, 0.1) is 18.3 Å². The SMILES string of the molecule is CCCCNC(=O)C(CC(O)C(N)CC(CNC(=O)c1ccc(CN2CCN(C(C)=O)CC2)cc1OCCCCOC)C(C)C)C(C)C. The van der Waals surface area contributed by atoms with Gasteiger partial charge in [-0.1, -0.05) is 47.1 Å². The van der Waals surface area contributed by atoms with Crippen LogP contribution in [0.15, 0.2) is 18.2 Å². The molecule has 1 aliphatic heterocycles. The van der Waals surface area contributed by atoms with Crippen LogP contribution in [-0.4, -0.2) is 104 Å². The number of hydrogen-bond acceptors (Lipinski definition) is 8. The first-order valence-corrected chi connectivity index (χ1v) is 18.1. The summed E-state index contributed by atoms with van der Waals surface area (Å²) in [4.78, 5) is 42.3. The molecule has 0 aromatic heterocycles. The number of ether oxygens (including phenoxy) is 2. The number of amides is 3. The van der Waals surface area contributed by atoms with Gasteiger partial charge >= 0.3 is 0 Å². The number of piperazine rings is 1. The van der Waals surface area contributed by atoms with E-state index in [1.807, 2.05) is 36.9 Å². The number of aliphatic hydroxyl groups is 1. The van der Waals surface area contributed by atoms with Crippen LogP contribution in [0.25, 0.3) is 0 Å². The Morgan fingerprint density at radius 3 is 2.25 bits per heavy atom. The van der Waals surface area contributed by atoms with Crippen LogP contribution >= 0.6 is 0 Å². The third-order valence-corrected chi connectivity index (χ3v) is 9.52. The molecule has 1 fully saturated rings. The van der Waals surface area contributed by atoms with Gasteiger partial charge in [-0.2, -0.15) is 0 Å². The van der Waals surface area contributed by atoms with E-state index in [1.54, 1.807) is 14.0 Å². The first-order valence-electron chi connectivity index (χ1n) is 18.1. The van der Waals surface area contributed by atoms with Crippen molar-refractivity contribution < 1.29 is 29.0 Å². The first-order chi connectivity index (χ1) is 22.9. The van der Waals surface area contributed by atoms with Crippen molar-refractivity contribution in [1.29, 1.82) is 0 Å². The average molecular weight is 676 g/mol. The summed E-state index contributed by atoms with van der Waals surface area (Å²) in [5.74, 6) is 0.408. The smallest absolute Gasteiger partial charge is 0.255 e. The Labute approximate surface area is 289 Å². The summed E-state index contributed by atoms with van der Waals surface area (Å²) in [6.45, 7) is 17.8. The summed E-state index contributed by atoms with van der Waals surface area (Å²) >= 11 is 0. The van der Waals surface area contributed by atoms with Crippen LogP contribution < -0.4 is 21.1 Å². The fourth-order valence-electron chi connectivity index (χ4n) is 6.04. The van der Waals surface area contributed by atoms with E-state index in [-0.39, 0.29) is 41.4 Å². The lowest BCUT2D eigenvalue weighted by Gasteiger charge is -2.34. The van der Waals surface area contributed by atoms with Crippen molar-refractivity contribution in [3.8, 4) is 5.75 Å². The molecule has 0 saturated carbocycles. The normalized spacial score (nSPS) is 16.4. The highest BCUT2D eigenvalue weighted by atomic mass is 16.5. The van der Waals surface area contributed by atoms with E-state index in [9.17, 15) is 19.5 Å². The minimum Gasteiger partial charge on any atom is -0.493 e. The van der Waals surface area contributed by atoms with Crippen LogP contribution in [0, 0.1) is 23.7 Å². The zero-order valence-electron chi connectivity index (χ0n) is 30.8. The summed E-state index contributed by atoms with van der Waals surface area (Å²) in [6.07, 6.45) is 3.58. The molecule has 1 aromatic rings. The number of nitrogens with two attached hydrogens (primary N) is 1. The zero-order chi connectivity index (χ0) is 35.6. The lowest BCUT2D eigenvalue weighted by Crippen LogP contribution is -2.47. The number of benzene rings is 1. The van der Waals surface area contributed by atoms with Crippen LogP contribution in [0.3, 0.4) is 0 Å². The van der Waals surface area contributed by atoms with Crippen molar-refractivity contribution >= 4 is 17.7 Å². The largest absolute Gasteiger partial charge is 0.493 e. The highest BCUT2D eigenvalue weighted by Gasteiger charge is 2.30. The summed E-state index contributed by atoms with van der Waals surface area (Å²) in [7, 11) is 1.68. The Morgan fingerprint density at radius 1 is 0.958 bits per heavy atom. The van der Waals surface area contributed by atoms with Crippen molar-refractivity contribution in [1.82, 2.24) is 20.4 Å². The molecule has 2 rings (SSSR count). The van der Waals surface area contributed by atoms with Crippen LogP contribution in [0.4, 0.5) is 0 Å². The van der Waals surface area contributed by atoms with Crippen molar-refractivity contribution in [2.75, 3.05) is 59.6 Å². The minimum atomic E-state index is -0.831. The summed E-state index contributed by atoms with van der Waals surface area (Å²) < 4.78 is 11.3. The highest BCUT2D eigenvalue weighted by Crippen LogP contribution is 2.25. The van der Waals surface area contributed by atoms with E-state index in [1.165, 1.54) is 0 Å². The van der Waals surface area contributed by atoms with Gasteiger partial charge in [-0.05, 0) is 67.6 Å². The van der Waals surface area contributed by atoms with E-state index in [4.69, 9.17) is 15.2 Å². The molecule has 1 saturated heterocycles. The molecular weight excluding hydrogens is 610 g/mol. The number of hydrogen-bond donors (Lipinski definition) is 4. The topological polar surface area (TPSA) is 146 Å². The molecule has 0 spiro atoms. The fourth-order valence-corrected chi connectivity index (χ4v) is 6.04. The lowest BCUT2D eigenvalue weighted by atomic mass is 9.83. The third kappa shape index (κ3) is 14.4. The van der Waals surface area contributed by atoms with E-state index >= 15 is 0 Å². The molecule has 4 atom stereocenters. The molecule has 48 heavy (non-hydrogen) atoms. The highest BCUT2D eigenvalue weighted by molar-refractivity contribution is 5.97. The number of aliphatic hydroxyl groups excluding tert-OH is 1. The van der Waals surface area contributed by atoms with Gasteiger partial charge < -0.3 is 35.8 Å². The fraction of sp³-hybridized carbons (Fsp3) is 0.757. The molecule has 1 aromatic carbocycles. The van der Waals surface area contributed by atoms with Crippen molar-refractivity contribution in [3.63, 3.8) is 0 Å². The van der Waals surface area contributed by atoms with Crippen molar-refractivity contribution in [3.05, 3.63) is 29.3 Å². The van der Waals surface area contributed by atoms with Crippen LogP contribution in [0.5, 0.6) is 5.75 Å². The Balaban J connectivity index is 2.06. The van der Waals surface area contributed by atoms with E-state index in [2.05, 4.69) is 36.3 Å². The number of nitrogens with zero attached hydrogens (tertiary/aromatic N) is 2. The molecule has 274 valence electrons. The standard InChI is InChI=1S/C37H65N5O6/c1-8-9-14-39-37(46)32(27(4)5)23-34(44)33(38)22-30(26(2)3)24-40-36(45)31-13-12-29(21-35(31)48-20-11-10-19-47-7)25-41-15-17-42(18-16-41)28(6)43/h12-13,21,26-27,30,32-34,44H,8-11,14-20,22-25,38H2,1-7H3,(H,39,46)(H,40,45). The van der Waals surface area contributed by atoms with E-state index < -0.39 is 12.1 Å². The van der Waals surface area contributed by atoms with E-state index in [0.717, 1.165) is 44.3 Å². The molecule has 0 radical (unpaired) electrons. The molecular formula is C37H65N5O6. The van der Waals surface area contributed by atoms with Crippen LogP contribution in [0.1, 0.15) is 96.0 Å². The molecule has 1 heterocycles. The monoisotopic (exact) mass is 675 g/mol. The number of carbonyl (C=O) groups excluding carboxylic acids is 3. The molecule has 5 N–H and O–H groups in total. The molecule has 11 heteroatoms. The van der Waals surface area contributed by atoms with Crippen LogP contribution in [0.2, 0.25) is 0 Å². The molecule has 4 unspecified atom stereocenters. The number of carbonyl (C=O) groups is 3. The van der Waals surface area contributed by atoms with Gasteiger partial charge in [0.1, 0.15) is 5.75 Å². The van der Waals surface area contributed by atoms with E-state index in [0.29, 0.717) is 70.1 Å². The average Bonchev–Trinajstić information content (AvgIpc) is 3.05. The minimum absolute atomic E-state index is 0.0286. The molecule has 3 amide bonds. The second-order valence-electron chi connectivity index (χ2n) is 14.1. The number of nitrogens with one attached hydrogen (secondary N) is 2. The molecule has 0 bridgehead atoms. The Kier molecular flexibility index (Phi) is 19.1.